The van der Waals surface area contributed by atoms with Gasteiger partial charge in [-0.05, 0) is 64.4 Å². The largest absolute Gasteiger partial charge is 0.493 e. The van der Waals surface area contributed by atoms with E-state index in [1.165, 1.54) is 11.3 Å². The van der Waals surface area contributed by atoms with Gasteiger partial charge >= 0.3 is 5.00 Å². The van der Waals surface area contributed by atoms with Crippen molar-refractivity contribution in [1.82, 2.24) is 15.9 Å². The van der Waals surface area contributed by atoms with Crippen LogP contribution in [0.5, 0.6) is 5.75 Å². The smallest absolute Gasteiger partial charge is 0.371 e. The second-order valence-corrected chi connectivity index (χ2v) is 8.20. The fraction of sp³-hybridized carbons (Fsp3) is 0.130. The lowest BCUT2D eigenvalue weighted by atomic mass is 10.0. The number of thiazole rings is 1. The number of aryl methyl sites for hydroxylation is 1. The Hall–Kier alpha value is -3.78. The van der Waals surface area contributed by atoms with Crippen LogP contribution in [0.3, 0.4) is 0 Å². The van der Waals surface area contributed by atoms with Crippen LogP contribution in [0, 0.1) is 11.8 Å². The van der Waals surface area contributed by atoms with E-state index in [4.69, 9.17) is 4.74 Å². The lowest BCUT2D eigenvalue weighted by Gasteiger charge is -2.05. The molecule has 0 aliphatic carbocycles. The van der Waals surface area contributed by atoms with Crippen molar-refractivity contribution in [3.05, 3.63) is 82.4 Å². The van der Waals surface area contributed by atoms with Crippen LogP contribution in [0.4, 0.5) is 5.00 Å². The number of benzene rings is 3. The Bertz CT molecular complexity index is 1330. The van der Waals surface area contributed by atoms with E-state index in [0.717, 1.165) is 39.1 Å². The summed E-state index contributed by atoms with van der Waals surface area (Å²) in [6, 6.07) is 19.0. The molecular formula is C23H19N4O3S+. The van der Waals surface area contributed by atoms with Gasteiger partial charge in [0.2, 0.25) is 0 Å². The average molecular weight is 431 g/mol. The summed E-state index contributed by atoms with van der Waals surface area (Å²) in [7, 11) is 0. The predicted octanol–water partition coefficient (Wildman–Crippen LogP) is 4.47. The zero-order chi connectivity index (χ0) is 21.4. The van der Waals surface area contributed by atoms with Gasteiger partial charge in [0.1, 0.15) is 16.5 Å². The van der Waals surface area contributed by atoms with Crippen LogP contribution in [0.2, 0.25) is 0 Å². The van der Waals surface area contributed by atoms with Crippen molar-refractivity contribution in [3.63, 3.8) is 0 Å². The highest BCUT2D eigenvalue weighted by Crippen LogP contribution is 2.36. The number of hydrogen-bond donors (Lipinski definition) is 2. The second-order valence-electron chi connectivity index (χ2n) is 7.22. The molecule has 1 amide bonds. The molecule has 3 aromatic carbocycles. The summed E-state index contributed by atoms with van der Waals surface area (Å²) in [6.45, 7) is 2.46. The van der Waals surface area contributed by atoms with Crippen LogP contribution in [0.1, 0.15) is 21.6 Å². The predicted molar refractivity (Wildman–Crippen MR) is 119 cm³/mol. The molecular weight excluding hydrogens is 412 g/mol. The number of nitrogens with zero attached hydrogens (tertiary/aromatic N) is 2. The van der Waals surface area contributed by atoms with E-state index in [0.29, 0.717) is 27.7 Å². The van der Waals surface area contributed by atoms with E-state index in [1.807, 2.05) is 48.5 Å². The number of nitroso groups, excluding NO2 is 1. The van der Waals surface area contributed by atoms with E-state index >= 15 is 0 Å². The maximum atomic E-state index is 12.7. The molecule has 0 fully saturated rings. The van der Waals surface area contributed by atoms with Gasteiger partial charge in [-0.1, -0.05) is 36.4 Å². The van der Waals surface area contributed by atoms with E-state index < -0.39 is 5.91 Å². The van der Waals surface area contributed by atoms with Crippen molar-refractivity contribution in [2.45, 2.75) is 13.3 Å². The summed E-state index contributed by atoms with van der Waals surface area (Å²) in [6.07, 6.45) is 0.871. The van der Waals surface area contributed by atoms with Crippen LogP contribution in [-0.4, -0.2) is 22.4 Å². The third-order valence-corrected chi connectivity index (χ3v) is 6.37. The molecule has 0 atom stereocenters. The number of fused-ring (bicyclic) bond motifs is 2. The molecule has 2 N–H and O–H groups in total. The highest BCUT2D eigenvalue weighted by molar-refractivity contribution is 7.18. The first kappa shape index (κ1) is 19.2. The van der Waals surface area contributed by atoms with Crippen LogP contribution in [0.25, 0.3) is 21.3 Å². The Kier molecular flexibility index (Phi) is 4.83. The molecule has 0 unspecified atom stereocenters. The minimum absolute atomic E-state index is 0.380. The van der Waals surface area contributed by atoms with Gasteiger partial charge in [0, 0.05) is 17.5 Å². The number of amides is 1. The summed E-state index contributed by atoms with van der Waals surface area (Å²) in [5.74, 6) is 0.513. The maximum Gasteiger partial charge on any atom is 0.371 e. The first-order chi connectivity index (χ1) is 15.1. The molecule has 4 aromatic rings. The molecule has 1 aromatic heterocycles. The normalized spacial score (nSPS) is 12.3. The molecule has 1 aliphatic rings. The first-order valence-electron chi connectivity index (χ1n) is 9.85. The summed E-state index contributed by atoms with van der Waals surface area (Å²) in [4.78, 5) is 30.4. The Morgan fingerprint density at radius 3 is 2.87 bits per heavy atom. The number of carbonyl (C=O) groups is 1. The molecule has 154 valence electrons. The molecule has 0 saturated heterocycles. The van der Waals surface area contributed by atoms with Gasteiger partial charge in [0.25, 0.3) is 5.91 Å². The number of nitrogens with one attached hydrogen (secondary N) is 2. The first-order valence-corrected chi connectivity index (χ1v) is 10.7. The van der Waals surface area contributed by atoms with Crippen molar-refractivity contribution in [1.29, 1.82) is 0 Å². The summed E-state index contributed by atoms with van der Waals surface area (Å²) >= 11 is 1.26. The van der Waals surface area contributed by atoms with Gasteiger partial charge in [-0.3, -0.25) is 4.79 Å². The van der Waals surface area contributed by atoms with Gasteiger partial charge in [-0.2, -0.15) is 0 Å². The van der Waals surface area contributed by atoms with Gasteiger partial charge in [-0.25, -0.2) is 10.4 Å². The summed E-state index contributed by atoms with van der Waals surface area (Å²) in [5.41, 5.74) is 8.08. The van der Waals surface area contributed by atoms with Crippen LogP contribution in [0.15, 0.2) is 60.7 Å². The number of hydrogen-bond acceptors (Lipinski definition) is 5. The van der Waals surface area contributed by atoms with Crippen LogP contribution < -0.4 is 15.7 Å². The third kappa shape index (κ3) is 3.62. The Labute approximate surface area is 182 Å². The molecule has 0 bridgehead atoms. The van der Waals surface area contributed by atoms with Crippen LogP contribution >= 0.6 is 11.3 Å². The summed E-state index contributed by atoms with van der Waals surface area (Å²) in [5, 5.41) is 2.89. The molecule has 7 nitrogen and oxygen atoms in total. The summed E-state index contributed by atoms with van der Waals surface area (Å²) < 4.78 is 5.55. The molecule has 2 heterocycles. The Morgan fingerprint density at radius 2 is 1.97 bits per heavy atom. The Balaban J connectivity index is 1.32. The standard InChI is InChI=1S/C23H18N4O3S/c1-14-23(31-22(24-14)17-9-10-20-16(13-17)11-12-30-20)27(29)26-25-21(28)19-8-4-6-15-5-2-3-7-18(15)19/h2-10,13H,11-12H2,1H3,(H-,25,26,28,29)/p+1. The van der Waals surface area contributed by atoms with Crippen molar-refractivity contribution >= 4 is 33.0 Å². The van der Waals surface area contributed by atoms with Gasteiger partial charge in [0.15, 0.2) is 4.87 Å². The van der Waals surface area contributed by atoms with Gasteiger partial charge in [-0.15, -0.1) is 0 Å². The lowest BCUT2D eigenvalue weighted by molar-refractivity contribution is -0.533. The molecule has 0 spiro atoms. The fourth-order valence-corrected chi connectivity index (χ4v) is 4.60. The number of rotatable bonds is 5. The highest BCUT2D eigenvalue weighted by atomic mass is 32.1. The zero-order valence-corrected chi connectivity index (χ0v) is 17.5. The average Bonchev–Trinajstić information content (AvgIpc) is 3.42. The minimum atomic E-state index is -0.390. The lowest BCUT2D eigenvalue weighted by Crippen LogP contribution is -2.41. The van der Waals surface area contributed by atoms with Gasteiger partial charge < -0.3 is 4.74 Å². The number of hydrazine groups is 2. The molecule has 1 aliphatic heterocycles. The van der Waals surface area contributed by atoms with Crippen molar-refractivity contribution < 1.29 is 14.4 Å². The number of carbonyl (C=O) groups excluding carboxylic acids is 1. The molecule has 0 radical (unpaired) electrons. The van der Waals surface area contributed by atoms with E-state index in [9.17, 15) is 9.70 Å². The zero-order valence-electron chi connectivity index (χ0n) is 16.7. The van der Waals surface area contributed by atoms with Gasteiger partial charge in [0.05, 0.1) is 11.5 Å². The highest BCUT2D eigenvalue weighted by Gasteiger charge is 2.25. The second kappa shape index (κ2) is 7.81. The quantitative estimate of drug-likeness (QED) is 0.360. The minimum Gasteiger partial charge on any atom is -0.493 e. The molecule has 0 saturated carbocycles. The van der Waals surface area contributed by atoms with Crippen LogP contribution in [-0.2, 0) is 6.42 Å². The SMILES string of the molecule is Cc1nc(-c2ccc3c(c2)CCO3)sc1[N+](=O)NNC(=O)c1cccc2ccccc12. The Morgan fingerprint density at radius 1 is 1.13 bits per heavy atom. The molecule has 31 heavy (non-hydrogen) atoms. The topological polar surface area (TPSA) is 83.3 Å². The van der Waals surface area contributed by atoms with E-state index in [2.05, 4.69) is 22.0 Å². The molecule has 5 rings (SSSR count). The third-order valence-electron chi connectivity index (χ3n) is 5.20. The van der Waals surface area contributed by atoms with Crippen molar-refractivity contribution in [2.24, 2.45) is 0 Å². The maximum absolute atomic E-state index is 12.7. The van der Waals surface area contributed by atoms with E-state index in [1.54, 1.807) is 13.0 Å². The fourth-order valence-electron chi connectivity index (χ4n) is 3.66. The number of ether oxygens (including phenoxy) is 1. The van der Waals surface area contributed by atoms with E-state index in [-0.39, 0.29) is 0 Å². The monoisotopic (exact) mass is 431 g/mol. The van der Waals surface area contributed by atoms with Crippen molar-refractivity contribution in [3.8, 4) is 16.3 Å². The molecule has 8 heteroatoms. The number of aromatic nitrogens is 1. The van der Waals surface area contributed by atoms with Crippen molar-refractivity contribution in [2.75, 3.05) is 6.61 Å².